The summed E-state index contributed by atoms with van der Waals surface area (Å²) in [6, 6.07) is 8.99. The van der Waals surface area contributed by atoms with Crippen LogP contribution in [-0.2, 0) is 22.7 Å². The molecule has 0 radical (unpaired) electrons. The molecule has 0 aliphatic carbocycles. The summed E-state index contributed by atoms with van der Waals surface area (Å²) in [5.41, 5.74) is 2.23. The molecule has 0 amide bonds. The molecule has 5 rings (SSSR count). The molecule has 0 bridgehead atoms. The molecular formula is C24H24F3N7O3S2. The molecule has 0 N–H and O–H groups in total. The van der Waals surface area contributed by atoms with Crippen LogP contribution in [-0.4, -0.2) is 78.0 Å². The number of sulfonamides is 1. The summed E-state index contributed by atoms with van der Waals surface area (Å²) < 4.78 is 70.3. The first kappa shape index (κ1) is 27.2. The predicted molar refractivity (Wildman–Crippen MR) is 138 cm³/mol. The number of alkyl halides is 3. The van der Waals surface area contributed by atoms with Crippen LogP contribution in [0.4, 0.5) is 19.1 Å². The minimum atomic E-state index is -4.74. The highest BCUT2D eigenvalue weighted by Crippen LogP contribution is 2.31. The molecule has 0 spiro atoms. The third-order valence-corrected chi connectivity index (χ3v) is 8.91. The SMILES string of the molecule is CN(C)Cc1sccc1-c1ccc(S(=O)(=O)N2CCN(c3ncc(-c4noc(C(F)(F)F)n4)cn3)CC2)cc1. The summed E-state index contributed by atoms with van der Waals surface area (Å²) in [6.45, 7) is 1.96. The molecule has 1 aromatic carbocycles. The highest BCUT2D eigenvalue weighted by molar-refractivity contribution is 7.89. The van der Waals surface area contributed by atoms with Crippen molar-refractivity contribution in [3.05, 3.63) is 58.9 Å². The molecule has 0 saturated carbocycles. The molecule has 1 aliphatic heterocycles. The van der Waals surface area contributed by atoms with Crippen molar-refractivity contribution in [3.63, 3.8) is 0 Å². The zero-order chi connectivity index (χ0) is 27.8. The van der Waals surface area contributed by atoms with E-state index in [1.807, 2.05) is 37.7 Å². The van der Waals surface area contributed by atoms with Gasteiger partial charge in [-0.15, -0.1) is 11.3 Å². The molecule has 4 heterocycles. The second-order valence-electron chi connectivity index (χ2n) is 9.10. The third kappa shape index (κ3) is 5.80. The normalized spacial score (nSPS) is 15.3. The summed E-state index contributed by atoms with van der Waals surface area (Å²) in [5.74, 6) is -1.40. The Kier molecular flexibility index (Phi) is 7.41. The summed E-state index contributed by atoms with van der Waals surface area (Å²) in [4.78, 5) is 17.1. The number of thiophene rings is 1. The Bertz CT molecular complexity index is 1530. The lowest BCUT2D eigenvalue weighted by atomic mass is 10.1. The topological polar surface area (TPSA) is 109 Å². The second kappa shape index (κ2) is 10.6. The van der Waals surface area contributed by atoms with Gasteiger partial charge >= 0.3 is 12.1 Å². The van der Waals surface area contributed by atoms with E-state index in [2.05, 4.69) is 29.5 Å². The van der Waals surface area contributed by atoms with Crippen LogP contribution in [0.5, 0.6) is 0 Å². The summed E-state index contributed by atoms with van der Waals surface area (Å²) in [5, 5.41) is 5.35. The highest BCUT2D eigenvalue weighted by atomic mass is 32.2. The fourth-order valence-electron chi connectivity index (χ4n) is 4.15. The Balaban J connectivity index is 1.22. The Morgan fingerprint density at radius 3 is 2.26 bits per heavy atom. The number of benzene rings is 1. The largest absolute Gasteiger partial charge is 0.471 e. The lowest BCUT2D eigenvalue weighted by Crippen LogP contribution is -2.49. The summed E-state index contributed by atoms with van der Waals surface area (Å²) >= 11 is 1.67. The van der Waals surface area contributed by atoms with Gasteiger partial charge in [0.2, 0.25) is 21.8 Å². The zero-order valence-corrected chi connectivity index (χ0v) is 22.6. The van der Waals surface area contributed by atoms with Gasteiger partial charge in [-0.05, 0) is 48.8 Å². The lowest BCUT2D eigenvalue weighted by Gasteiger charge is -2.34. The average Bonchev–Trinajstić information content (AvgIpc) is 3.59. The minimum absolute atomic E-state index is 0.166. The van der Waals surface area contributed by atoms with E-state index in [1.54, 1.807) is 28.4 Å². The zero-order valence-electron chi connectivity index (χ0n) is 21.0. The van der Waals surface area contributed by atoms with Gasteiger partial charge in [0.25, 0.3) is 0 Å². The quantitative estimate of drug-likeness (QED) is 0.323. The van der Waals surface area contributed by atoms with E-state index in [1.165, 1.54) is 21.6 Å². The number of aromatic nitrogens is 4. The van der Waals surface area contributed by atoms with Gasteiger partial charge in [0.05, 0.1) is 10.5 Å². The van der Waals surface area contributed by atoms with Crippen LogP contribution in [0.3, 0.4) is 0 Å². The van der Waals surface area contributed by atoms with Crippen LogP contribution in [0.15, 0.2) is 57.5 Å². The first-order valence-corrected chi connectivity index (χ1v) is 14.1. The fraction of sp³-hybridized carbons (Fsp3) is 0.333. The number of halogens is 3. The van der Waals surface area contributed by atoms with Crippen molar-refractivity contribution in [1.82, 2.24) is 29.3 Å². The maximum Gasteiger partial charge on any atom is 0.471 e. The van der Waals surface area contributed by atoms with E-state index in [0.29, 0.717) is 19.0 Å². The molecule has 4 aromatic rings. The molecule has 1 aliphatic rings. The highest BCUT2D eigenvalue weighted by Gasteiger charge is 2.38. The first-order chi connectivity index (χ1) is 18.5. The van der Waals surface area contributed by atoms with Crippen molar-refractivity contribution in [2.75, 3.05) is 45.2 Å². The Morgan fingerprint density at radius 2 is 1.67 bits per heavy atom. The molecule has 3 aromatic heterocycles. The standard InChI is InChI=1S/C24H24F3N7O3S2/c1-32(2)15-20-19(7-12-38-20)16-3-5-18(6-4-16)39(35,36)34-10-8-33(9-11-34)23-28-13-17(14-29-23)21-30-22(37-31-21)24(25,26)27/h3-7,12-14H,8-11,15H2,1-2H3. The van der Waals surface area contributed by atoms with Gasteiger partial charge in [0, 0.05) is 50.0 Å². The van der Waals surface area contributed by atoms with Gasteiger partial charge in [-0.2, -0.15) is 22.5 Å². The van der Waals surface area contributed by atoms with Crippen molar-refractivity contribution in [3.8, 4) is 22.5 Å². The second-order valence-corrected chi connectivity index (χ2v) is 12.0. The molecule has 39 heavy (non-hydrogen) atoms. The first-order valence-electron chi connectivity index (χ1n) is 11.8. The maximum absolute atomic E-state index is 13.3. The Hall–Kier alpha value is -3.40. The Labute approximate surface area is 226 Å². The molecule has 10 nitrogen and oxygen atoms in total. The van der Waals surface area contributed by atoms with Crippen LogP contribution in [0, 0.1) is 0 Å². The Morgan fingerprint density at radius 1 is 1.00 bits per heavy atom. The van der Waals surface area contributed by atoms with E-state index in [9.17, 15) is 21.6 Å². The average molecular weight is 580 g/mol. The molecule has 1 fully saturated rings. The smallest absolute Gasteiger partial charge is 0.338 e. The van der Waals surface area contributed by atoms with E-state index >= 15 is 0 Å². The molecular weight excluding hydrogens is 555 g/mol. The number of hydrogen-bond acceptors (Lipinski definition) is 10. The minimum Gasteiger partial charge on any atom is -0.338 e. The number of piperazine rings is 1. The van der Waals surface area contributed by atoms with Crippen LogP contribution in [0.2, 0.25) is 0 Å². The van der Waals surface area contributed by atoms with Crippen molar-refractivity contribution in [2.45, 2.75) is 17.6 Å². The van der Waals surface area contributed by atoms with Gasteiger partial charge in [-0.1, -0.05) is 17.3 Å². The molecule has 0 atom stereocenters. The fourth-order valence-corrected chi connectivity index (χ4v) is 6.58. The summed E-state index contributed by atoms with van der Waals surface area (Å²) in [6.07, 6.45) is -2.14. The van der Waals surface area contributed by atoms with Crippen molar-refractivity contribution in [2.24, 2.45) is 0 Å². The number of rotatable bonds is 7. The molecule has 15 heteroatoms. The van der Waals surface area contributed by atoms with Crippen molar-refractivity contribution < 1.29 is 26.1 Å². The number of hydrogen-bond donors (Lipinski definition) is 0. The predicted octanol–water partition coefficient (Wildman–Crippen LogP) is 3.85. The van der Waals surface area contributed by atoms with E-state index < -0.39 is 22.1 Å². The van der Waals surface area contributed by atoms with Gasteiger partial charge in [0.15, 0.2) is 0 Å². The van der Waals surface area contributed by atoms with Crippen LogP contribution >= 0.6 is 11.3 Å². The van der Waals surface area contributed by atoms with Crippen LogP contribution in [0.25, 0.3) is 22.5 Å². The number of nitrogens with zero attached hydrogens (tertiary/aromatic N) is 7. The maximum atomic E-state index is 13.3. The van der Waals surface area contributed by atoms with E-state index in [4.69, 9.17) is 0 Å². The monoisotopic (exact) mass is 579 g/mol. The summed E-state index contributed by atoms with van der Waals surface area (Å²) in [7, 11) is 0.319. The van der Waals surface area contributed by atoms with Gasteiger partial charge in [-0.3, -0.25) is 0 Å². The van der Waals surface area contributed by atoms with Gasteiger partial charge in [-0.25, -0.2) is 18.4 Å². The molecule has 0 unspecified atom stereocenters. The van der Waals surface area contributed by atoms with Gasteiger partial charge < -0.3 is 14.3 Å². The molecule has 1 saturated heterocycles. The number of anilines is 1. The third-order valence-electron chi connectivity index (χ3n) is 6.09. The van der Waals surface area contributed by atoms with E-state index in [0.717, 1.165) is 17.7 Å². The lowest BCUT2D eigenvalue weighted by molar-refractivity contribution is -0.159. The van der Waals surface area contributed by atoms with Crippen molar-refractivity contribution >= 4 is 27.3 Å². The van der Waals surface area contributed by atoms with Gasteiger partial charge in [0.1, 0.15) is 0 Å². The van der Waals surface area contributed by atoms with Crippen LogP contribution in [0.1, 0.15) is 10.8 Å². The van der Waals surface area contributed by atoms with E-state index in [-0.39, 0.29) is 29.4 Å². The molecule has 206 valence electrons. The van der Waals surface area contributed by atoms with Crippen LogP contribution < -0.4 is 4.90 Å². The van der Waals surface area contributed by atoms with Crippen molar-refractivity contribution in [1.29, 1.82) is 0 Å².